The van der Waals surface area contributed by atoms with Gasteiger partial charge in [-0.3, -0.25) is 0 Å². The number of hydrogen-bond acceptors (Lipinski definition) is 4. The van der Waals surface area contributed by atoms with Gasteiger partial charge in [0.1, 0.15) is 22.2 Å². The van der Waals surface area contributed by atoms with E-state index in [1.165, 1.54) is 85.1 Å². The van der Waals surface area contributed by atoms with Gasteiger partial charge in [0, 0.05) is 18.5 Å². The van der Waals surface area contributed by atoms with Crippen LogP contribution in [0.2, 0.25) is 0 Å². The molecule has 0 saturated heterocycles. The Balaban J connectivity index is 2.01. The minimum atomic E-state index is -5.60. The molecule has 0 fully saturated rings. The summed E-state index contributed by atoms with van der Waals surface area (Å²) < 4.78 is 114. The third-order valence-corrected chi connectivity index (χ3v) is 10.4. The van der Waals surface area contributed by atoms with Crippen LogP contribution in [0.5, 0.6) is 0 Å². The van der Waals surface area contributed by atoms with Gasteiger partial charge in [0.2, 0.25) is 0 Å². The van der Waals surface area contributed by atoms with E-state index in [0.29, 0.717) is 4.88 Å². The van der Waals surface area contributed by atoms with E-state index in [9.17, 15) is 0 Å². The molecule has 0 bridgehead atoms. The molecule has 10 heteroatoms. The summed E-state index contributed by atoms with van der Waals surface area (Å²) in [5.41, 5.74) is -4.91. The van der Waals surface area contributed by atoms with Gasteiger partial charge in [-0.1, -0.05) is 97.1 Å². The van der Waals surface area contributed by atoms with Crippen molar-refractivity contribution >= 4 is 22.5 Å². The lowest BCUT2D eigenvalue weighted by atomic mass is 9.40. The summed E-state index contributed by atoms with van der Waals surface area (Å²) in [5.74, 6) is -1.54. The third kappa shape index (κ3) is 4.71. The van der Waals surface area contributed by atoms with Crippen molar-refractivity contribution in [2.24, 2.45) is 11.1 Å². The van der Waals surface area contributed by atoms with Crippen molar-refractivity contribution < 1.29 is 35.5 Å². The number of halogens is 6. The van der Waals surface area contributed by atoms with Crippen LogP contribution in [0.15, 0.2) is 131 Å². The molecule has 2 aromatic heterocycles. The number of thiophene rings is 1. The Kier molecular flexibility index (Phi) is 8.48. The van der Waals surface area contributed by atoms with Gasteiger partial charge >= 0.3 is 12.4 Å². The minimum Gasteiger partial charge on any atom is -0.469 e. The lowest BCUT2D eigenvalue weighted by molar-refractivity contribution is -0.338. The topological polar surface area (TPSA) is 48.4 Å². The van der Waals surface area contributed by atoms with E-state index in [2.05, 4.69) is 0 Å². The molecule has 4 atom stereocenters. The number of methoxy groups -OCH3 is 1. The monoisotopic (exact) mass is 667 g/mol. The molecule has 5 aromatic rings. The maximum absolute atomic E-state index is 17.0. The van der Waals surface area contributed by atoms with Gasteiger partial charge in [-0.2, -0.15) is 26.3 Å². The SMILES string of the molecule is COC1(CN)C(c2ccco2)C(c2cccs2)=C(c2ccccc2)C(Cc2ccccc2)(C(F)(F)F)C1(c1ccccc1)C(F)(F)F. The molecule has 4 unspecified atom stereocenters. The second-order valence-corrected chi connectivity index (χ2v) is 12.5. The molecule has 244 valence electrons. The van der Waals surface area contributed by atoms with Gasteiger partial charge in [-0.05, 0) is 57.8 Å². The first-order valence-electron chi connectivity index (χ1n) is 14.9. The van der Waals surface area contributed by atoms with E-state index in [4.69, 9.17) is 14.9 Å². The Morgan fingerprint density at radius 3 is 1.87 bits per heavy atom. The van der Waals surface area contributed by atoms with Crippen molar-refractivity contribution in [3.05, 3.63) is 154 Å². The molecule has 0 spiro atoms. The summed E-state index contributed by atoms with van der Waals surface area (Å²) in [4.78, 5) is 0.339. The molecule has 0 saturated carbocycles. The average molecular weight is 668 g/mol. The van der Waals surface area contributed by atoms with Crippen LogP contribution in [0.25, 0.3) is 11.1 Å². The van der Waals surface area contributed by atoms with Crippen molar-refractivity contribution in [1.82, 2.24) is 0 Å². The maximum atomic E-state index is 17.0. The molecule has 1 aliphatic rings. The summed E-state index contributed by atoms with van der Waals surface area (Å²) in [5, 5.41) is 1.68. The van der Waals surface area contributed by atoms with E-state index >= 15 is 26.3 Å². The summed E-state index contributed by atoms with van der Waals surface area (Å²) in [6, 6.07) is 27.5. The summed E-state index contributed by atoms with van der Waals surface area (Å²) in [6.07, 6.45) is -10.9. The molecular formula is C37H31F6NO2S. The number of ether oxygens (including phenoxy) is 1. The van der Waals surface area contributed by atoms with Crippen molar-refractivity contribution in [3.63, 3.8) is 0 Å². The molecule has 2 heterocycles. The molecule has 0 radical (unpaired) electrons. The Hall–Kier alpha value is -4.12. The Labute approximate surface area is 272 Å². The molecule has 2 N–H and O–H groups in total. The first-order chi connectivity index (χ1) is 22.5. The zero-order valence-electron chi connectivity index (χ0n) is 25.2. The largest absolute Gasteiger partial charge is 0.469 e. The summed E-state index contributed by atoms with van der Waals surface area (Å²) in [7, 11) is 1.01. The number of nitrogens with two attached hydrogens (primary N) is 1. The number of alkyl halides is 6. The highest BCUT2D eigenvalue weighted by atomic mass is 32.1. The first-order valence-corrected chi connectivity index (χ1v) is 15.7. The van der Waals surface area contributed by atoms with E-state index in [1.54, 1.807) is 29.6 Å². The zero-order chi connectivity index (χ0) is 33.5. The van der Waals surface area contributed by atoms with Gasteiger partial charge < -0.3 is 14.9 Å². The van der Waals surface area contributed by atoms with Gasteiger partial charge in [0.15, 0.2) is 0 Å². The van der Waals surface area contributed by atoms with Crippen LogP contribution >= 0.6 is 11.3 Å². The van der Waals surface area contributed by atoms with Crippen LogP contribution in [0.1, 0.15) is 33.2 Å². The predicted octanol–water partition coefficient (Wildman–Crippen LogP) is 9.68. The highest BCUT2D eigenvalue weighted by Crippen LogP contribution is 2.77. The van der Waals surface area contributed by atoms with Gasteiger partial charge in [0.05, 0.1) is 12.2 Å². The Morgan fingerprint density at radius 1 is 0.766 bits per heavy atom. The van der Waals surface area contributed by atoms with E-state index < -0.39 is 58.8 Å². The Morgan fingerprint density at radius 2 is 1.38 bits per heavy atom. The van der Waals surface area contributed by atoms with Crippen LogP contribution in [-0.2, 0) is 16.6 Å². The summed E-state index contributed by atoms with van der Waals surface area (Å²) >= 11 is 1.13. The minimum absolute atomic E-state index is 0.00540. The number of rotatable bonds is 8. The van der Waals surface area contributed by atoms with Gasteiger partial charge in [0.25, 0.3) is 0 Å². The van der Waals surface area contributed by atoms with Gasteiger partial charge in [-0.15, -0.1) is 11.3 Å². The molecule has 3 nitrogen and oxygen atoms in total. The van der Waals surface area contributed by atoms with Gasteiger partial charge in [-0.25, -0.2) is 0 Å². The lowest BCUT2D eigenvalue weighted by Crippen LogP contribution is -2.78. The number of hydrogen-bond donors (Lipinski definition) is 1. The normalized spacial score (nSPS) is 25.2. The highest BCUT2D eigenvalue weighted by Gasteiger charge is 2.87. The van der Waals surface area contributed by atoms with Crippen LogP contribution in [0.3, 0.4) is 0 Å². The van der Waals surface area contributed by atoms with Crippen molar-refractivity contribution in [2.75, 3.05) is 13.7 Å². The Bertz CT molecular complexity index is 1800. The molecule has 0 aliphatic heterocycles. The standard InChI is InChI=1S/C37H31F6NO2S/c1-45-34(24-44)32(28-19-11-21-46-28)30(29-20-12-22-47-29)31(26-15-7-3-8-16-26)33(36(38,39)40,23-25-13-5-2-6-14-25)35(34,37(41,42)43)27-17-9-4-10-18-27/h2-22,32H,23-24,44H2,1H3. The van der Waals surface area contributed by atoms with Crippen LogP contribution in [0.4, 0.5) is 26.3 Å². The second-order valence-electron chi connectivity index (χ2n) is 11.6. The van der Waals surface area contributed by atoms with E-state index in [1.807, 2.05) is 0 Å². The third-order valence-electron chi connectivity index (χ3n) is 9.50. The highest BCUT2D eigenvalue weighted by molar-refractivity contribution is 7.11. The first kappa shape index (κ1) is 32.8. The quantitative estimate of drug-likeness (QED) is 0.168. The molecule has 47 heavy (non-hydrogen) atoms. The number of furan rings is 1. The van der Waals surface area contributed by atoms with Crippen molar-refractivity contribution in [2.45, 2.75) is 35.7 Å². The maximum Gasteiger partial charge on any atom is 0.402 e. The lowest BCUT2D eigenvalue weighted by Gasteiger charge is -2.65. The molecule has 6 rings (SSSR count). The zero-order valence-corrected chi connectivity index (χ0v) is 26.0. The van der Waals surface area contributed by atoms with Crippen molar-refractivity contribution in [3.8, 4) is 0 Å². The predicted molar refractivity (Wildman–Crippen MR) is 171 cm³/mol. The fourth-order valence-corrected chi connectivity index (χ4v) is 8.74. The van der Waals surface area contributed by atoms with Crippen LogP contribution in [-0.4, -0.2) is 31.6 Å². The summed E-state index contributed by atoms with van der Waals surface area (Å²) in [6.45, 7) is -0.938. The molecule has 0 amide bonds. The molecule has 3 aromatic carbocycles. The molecule has 1 aliphatic carbocycles. The van der Waals surface area contributed by atoms with E-state index in [-0.39, 0.29) is 22.5 Å². The fraction of sp³-hybridized carbons (Fsp3) is 0.243. The van der Waals surface area contributed by atoms with Crippen molar-refractivity contribution in [1.29, 1.82) is 0 Å². The van der Waals surface area contributed by atoms with Crippen LogP contribution in [0, 0.1) is 5.41 Å². The number of benzene rings is 3. The number of allylic oxidation sites excluding steroid dienone is 1. The second kappa shape index (κ2) is 12.2. The average Bonchev–Trinajstić information content (AvgIpc) is 3.79. The molecular weight excluding hydrogens is 636 g/mol. The smallest absolute Gasteiger partial charge is 0.402 e. The van der Waals surface area contributed by atoms with E-state index in [0.717, 1.165) is 30.6 Å². The fourth-order valence-electron chi connectivity index (χ4n) is 7.93. The van der Waals surface area contributed by atoms with Crippen LogP contribution < -0.4 is 5.73 Å².